The fraction of sp³-hybridized carbons (Fsp3) is 0.143. The van der Waals surface area contributed by atoms with Gasteiger partial charge in [0.2, 0.25) is 0 Å². The zero-order valence-electron chi connectivity index (χ0n) is 7.42. The van der Waals surface area contributed by atoms with E-state index in [1.54, 1.807) is 4.89 Å². The summed E-state index contributed by atoms with van der Waals surface area (Å²) in [5, 5.41) is 0.107. The van der Waals surface area contributed by atoms with Gasteiger partial charge >= 0.3 is 0 Å². The van der Waals surface area contributed by atoms with Crippen LogP contribution >= 0.6 is 34.8 Å². The fourth-order valence-corrected chi connectivity index (χ4v) is 3.30. The topological polar surface area (TPSA) is 55.4 Å². The van der Waals surface area contributed by atoms with Crippen molar-refractivity contribution in [3.63, 3.8) is 0 Å². The highest BCUT2D eigenvalue weighted by Crippen LogP contribution is 2.32. The molecule has 0 radical (unpaired) electrons. The standard InChI is InChI=1S/C7H6Cl3NO3S/c1-14-11-15(12,13)7-5(9)2-4(8)3-6(7)10/h2-3,11H,1H3. The summed E-state index contributed by atoms with van der Waals surface area (Å²) in [5.41, 5.74) is 0. The smallest absolute Gasteiger partial charge is 0.265 e. The van der Waals surface area contributed by atoms with Crippen LogP contribution in [0.2, 0.25) is 15.1 Å². The molecule has 0 saturated heterocycles. The van der Waals surface area contributed by atoms with Crippen molar-refractivity contribution in [3.05, 3.63) is 27.2 Å². The second-order valence-electron chi connectivity index (χ2n) is 2.49. The summed E-state index contributed by atoms with van der Waals surface area (Å²) in [4.78, 5) is 5.85. The number of rotatable bonds is 3. The van der Waals surface area contributed by atoms with Gasteiger partial charge in [-0.25, -0.2) is 8.42 Å². The van der Waals surface area contributed by atoms with E-state index >= 15 is 0 Å². The Morgan fingerprint density at radius 1 is 1.20 bits per heavy atom. The molecule has 0 spiro atoms. The molecule has 0 aliphatic carbocycles. The Kier molecular flexibility index (Phi) is 4.22. The first-order valence-corrected chi connectivity index (χ1v) is 6.19. The van der Waals surface area contributed by atoms with Gasteiger partial charge in [-0.05, 0) is 12.1 Å². The second-order valence-corrected chi connectivity index (χ2v) is 5.32. The molecule has 8 heteroatoms. The number of hydrogen-bond donors (Lipinski definition) is 1. The molecule has 0 unspecified atom stereocenters. The first kappa shape index (κ1) is 13.0. The highest BCUT2D eigenvalue weighted by atomic mass is 35.5. The van der Waals surface area contributed by atoms with Crippen molar-refractivity contribution in [3.8, 4) is 0 Å². The maximum atomic E-state index is 11.5. The zero-order chi connectivity index (χ0) is 11.6. The SMILES string of the molecule is CONS(=O)(=O)c1c(Cl)cc(Cl)cc1Cl. The molecule has 1 N–H and O–H groups in total. The molecule has 1 rings (SSSR count). The molecule has 0 heterocycles. The first-order chi connectivity index (χ1) is 6.88. The maximum Gasteiger partial charge on any atom is 0.265 e. The minimum Gasteiger partial charge on any atom is -0.290 e. The number of halogens is 3. The summed E-state index contributed by atoms with van der Waals surface area (Å²) in [6, 6.07) is 2.55. The lowest BCUT2D eigenvalue weighted by molar-refractivity contribution is 0.153. The van der Waals surface area contributed by atoms with Crippen molar-refractivity contribution < 1.29 is 13.3 Å². The highest BCUT2D eigenvalue weighted by Gasteiger charge is 2.22. The van der Waals surface area contributed by atoms with Gasteiger partial charge < -0.3 is 0 Å². The quantitative estimate of drug-likeness (QED) is 0.870. The third-order valence-electron chi connectivity index (χ3n) is 1.42. The van der Waals surface area contributed by atoms with Crippen molar-refractivity contribution in [2.24, 2.45) is 0 Å². The highest BCUT2D eigenvalue weighted by molar-refractivity contribution is 7.89. The van der Waals surface area contributed by atoms with Gasteiger partial charge in [0.15, 0.2) is 0 Å². The Labute approximate surface area is 102 Å². The van der Waals surface area contributed by atoms with Crippen LogP contribution in [0.15, 0.2) is 17.0 Å². The van der Waals surface area contributed by atoms with E-state index < -0.39 is 10.0 Å². The Bertz CT molecular complexity index is 451. The molecule has 0 aliphatic rings. The molecule has 0 atom stereocenters. The molecule has 15 heavy (non-hydrogen) atoms. The van der Waals surface area contributed by atoms with Crippen LogP contribution in [0.5, 0.6) is 0 Å². The van der Waals surface area contributed by atoms with E-state index in [1.165, 1.54) is 12.1 Å². The van der Waals surface area contributed by atoms with Crippen LogP contribution in [0.1, 0.15) is 0 Å². The van der Waals surface area contributed by atoms with Crippen molar-refractivity contribution in [2.45, 2.75) is 4.90 Å². The first-order valence-electron chi connectivity index (χ1n) is 3.58. The van der Waals surface area contributed by atoms with Gasteiger partial charge in [0.25, 0.3) is 10.0 Å². The normalized spacial score (nSPS) is 11.7. The van der Waals surface area contributed by atoms with Crippen molar-refractivity contribution in [1.29, 1.82) is 0 Å². The molecule has 0 aromatic heterocycles. The lowest BCUT2D eigenvalue weighted by Crippen LogP contribution is -2.23. The van der Waals surface area contributed by atoms with Crippen molar-refractivity contribution in [2.75, 3.05) is 7.11 Å². The molecule has 84 valence electrons. The summed E-state index contributed by atoms with van der Waals surface area (Å²) in [6.45, 7) is 0. The maximum absolute atomic E-state index is 11.5. The predicted molar refractivity (Wildman–Crippen MR) is 58.8 cm³/mol. The Morgan fingerprint density at radius 2 is 1.67 bits per heavy atom. The molecule has 1 aromatic rings. The average Bonchev–Trinajstić information content (AvgIpc) is 1.99. The third-order valence-corrected chi connectivity index (χ3v) is 3.83. The van der Waals surface area contributed by atoms with E-state index in [2.05, 4.69) is 4.84 Å². The van der Waals surface area contributed by atoms with Gasteiger partial charge in [-0.1, -0.05) is 39.7 Å². The molecule has 4 nitrogen and oxygen atoms in total. The van der Waals surface area contributed by atoms with E-state index in [0.29, 0.717) is 0 Å². The molecule has 0 amide bonds. The largest absolute Gasteiger partial charge is 0.290 e. The van der Waals surface area contributed by atoms with E-state index in [9.17, 15) is 8.42 Å². The lowest BCUT2D eigenvalue weighted by atomic mass is 10.4. The predicted octanol–water partition coefficient (Wildman–Crippen LogP) is 2.49. The number of nitrogens with one attached hydrogen (secondary N) is 1. The van der Waals surface area contributed by atoms with E-state index in [0.717, 1.165) is 7.11 Å². The van der Waals surface area contributed by atoms with Gasteiger partial charge in [0.05, 0.1) is 17.2 Å². The summed E-state index contributed by atoms with van der Waals surface area (Å²) >= 11 is 17.1. The number of sulfonamides is 1. The van der Waals surface area contributed by atoms with Gasteiger partial charge in [-0.3, -0.25) is 4.84 Å². The van der Waals surface area contributed by atoms with Crippen LogP contribution in [0, 0.1) is 0 Å². The fourth-order valence-electron chi connectivity index (χ4n) is 0.937. The number of benzene rings is 1. The lowest BCUT2D eigenvalue weighted by Gasteiger charge is -2.08. The molecular weight excluding hydrogens is 285 g/mol. The Balaban J connectivity index is 3.38. The second kappa shape index (κ2) is 4.86. The Hall–Kier alpha value is -0.0400. The minimum atomic E-state index is -3.88. The average molecular weight is 291 g/mol. The summed E-state index contributed by atoms with van der Waals surface area (Å²) in [6.07, 6.45) is 0. The van der Waals surface area contributed by atoms with Crippen LogP contribution in [0.3, 0.4) is 0 Å². The van der Waals surface area contributed by atoms with Crippen molar-refractivity contribution in [1.82, 2.24) is 4.89 Å². The van der Waals surface area contributed by atoms with Crippen LogP contribution in [0.4, 0.5) is 0 Å². The molecule has 0 saturated carbocycles. The summed E-state index contributed by atoms with van der Waals surface area (Å²) in [7, 11) is -2.72. The molecule has 0 bridgehead atoms. The summed E-state index contributed by atoms with van der Waals surface area (Å²) in [5.74, 6) is 0. The molecule has 0 fully saturated rings. The van der Waals surface area contributed by atoms with Gasteiger partial charge in [-0.15, -0.1) is 0 Å². The molecule has 0 aliphatic heterocycles. The van der Waals surface area contributed by atoms with Crippen LogP contribution < -0.4 is 4.89 Å². The van der Waals surface area contributed by atoms with E-state index in [4.69, 9.17) is 34.8 Å². The Morgan fingerprint density at radius 3 is 2.07 bits per heavy atom. The summed E-state index contributed by atoms with van der Waals surface area (Å²) < 4.78 is 23.1. The van der Waals surface area contributed by atoms with Gasteiger partial charge in [0, 0.05) is 5.02 Å². The van der Waals surface area contributed by atoms with E-state index in [-0.39, 0.29) is 20.0 Å². The zero-order valence-corrected chi connectivity index (χ0v) is 10.5. The minimum absolute atomic E-state index is 0.0722. The van der Waals surface area contributed by atoms with Crippen molar-refractivity contribution >= 4 is 44.8 Å². The van der Waals surface area contributed by atoms with Crippen LogP contribution in [-0.2, 0) is 14.9 Å². The van der Waals surface area contributed by atoms with Gasteiger partial charge in [-0.2, -0.15) is 0 Å². The molecule has 1 aromatic carbocycles. The molecular formula is C7H6Cl3NO3S. The monoisotopic (exact) mass is 289 g/mol. The van der Waals surface area contributed by atoms with E-state index in [1.807, 2.05) is 0 Å². The van der Waals surface area contributed by atoms with Crippen LogP contribution in [-0.4, -0.2) is 15.5 Å². The third kappa shape index (κ3) is 2.96. The van der Waals surface area contributed by atoms with Gasteiger partial charge in [0.1, 0.15) is 4.90 Å². The van der Waals surface area contributed by atoms with Crippen LogP contribution in [0.25, 0.3) is 0 Å². The number of hydrogen-bond acceptors (Lipinski definition) is 3.